The van der Waals surface area contributed by atoms with Crippen molar-refractivity contribution in [3.05, 3.63) is 28.0 Å². The second-order valence-corrected chi connectivity index (χ2v) is 4.74. The quantitative estimate of drug-likeness (QED) is 0.309. The number of amides is 1. The summed E-state index contributed by atoms with van der Waals surface area (Å²) in [6.45, 7) is 2.17. The van der Waals surface area contributed by atoms with Gasteiger partial charge in [-0.1, -0.05) is 39.0 Å². The van der Waals surface area contributed by atoms with Crippen LogP contribution in [-0.4, -0.2) is 17.0 Å². The number of rotatable bonds is 10. The summed E-state index contributed by atoms with van der Waals surface area (Å²) in [6, 6.07) is 2.65. The first-order chi connectivity index (χ1) is 10.1. The zero-order chi connectivity index (χ0) is 15.5. The molecule has 0 atom stereocenters. The lowest BCUT2D eigenvalue weighted by atomic mass is 10.1. The fraction of sp³-hybridized carbons (Fsp3) is 0.571. The highest BCUT2D eigenvalue weighted by Gasteiger charge is 2.10. The summed E-state index contributed by atoms with van der Waals surface area (Å²) in [5.41, 5.74) is 2.37. The third-order valence-electron chi connectivity index (χ3n) is 2.93. The smallest absolute Gasteiger partial charge is 0.400 e. The summed E-state index contributed by atoms with van der Waals surface area (Å²) in [7, 11) is 0. The van der Waals surface area contributed by atoms with Gasteiger partial charge >= 0.3 is 5.88 Å². The summed E-state index contributed by atoms with van der Waals surface area (Å²) >= 11 is 0. The topological polar surface area (TPSA) is 97.7 Å². The molecule has 1 heterocycles. The van der Waals surface area contributed by atoms with Crippen LogP contribution in [0.2, 0.25) is 0 Å². The van der Waals surface area contributed by atoms with E-state index in [-0.39, 0.29) is 17.6 Å². The van der Waals surface area contributed by atoms with Gasteiger partial charge in [-0.15, -0.1) is 0 Å². The van der Waals surface area contributed by atoms with Gasteiger partial charge in [0.15, 0.2) is 5.76 Å². The van der Waals surface area contributed by atoms with E-state index in [1.54, 1.807) is 0 Å². The van der Waals surface area contributed by atoms with Gasteiger partial charge in [-0.25, -0.2) is 5.43 Å². The summed E-state index contributed by atoms with van der Waals surface area (Å²) in [5, 5.41) is 14.1. The first-order valence-corrected chi connectivity index (χ1v) is 7.19. The van der Waals surface area contributed by atoms with E-state index in [0.29, 0.717) is 6.42 Å². The normalized spacial score (nSPS) is 10.9. The van der Waals surface area contributed by atoms with E-state index in [0.717, 1.165) is 19.3 Å². The number of carbonyl (C=O) groups excluding carboxylic acids is 1. The molecule has 1 N–H and O–H groups in total. The fourth-order valence-electron chi connectivity index (χ4n) is 1.80. The van der Waals surface area contributed by atoms with Crippen LogP contribution in [0.15, 0.2) is 21.7 Å². The van der Waals surface area contributed by atoms with Crippen molar-refractivity contribution in [1.29, 1.82) is 0 Å². The van der Waals surface area contributed by atoms with Crippen molar-refractivity contribution in [2.75, 3.05) is 0 Å². The Morgan fingerprint density at radius 2 is 2.05 bits per heavy atom. The lowest BCUT2D eigenvalue weighted by Gasteiger charge is -2.00. The average molecular weight is 295 g/mol. The molecule has 1 amide bonds. The number of nitrogens with zero attached hydrogens (tertiary/aromatic N) is 2. The van der Waals surface area contributed by atoms with Crippen LogP contribution in [0.3, 0.4) is 0 Å². The number of hydrogen-bond donors (Lipinski definition) is 1. The Hall–Kier alpha value is -2.18. The molecular weight excluding hydrogens is 274 g/mol. The maximum atomic E-state index is 11.5. The van der Waals surface area contributed by atoms with Crippen molar-refractivity contribution < 1.29 is 14.1 Å². The molecule has 0 spiro atoms. The van der Waals surface area contributed by atoms with Crippen molar-refractivity contribution in [2.24, 2.45) is 5.10 Å². The number of nitrogens with one attached hydrogen (secondary N) is 1. The molecule has 0 unspecified atom stereocenters. The van der Waals surface area contributed by atoms with E-state index >= 15 is 0 Å². The van der Waals surface area contributed by atoms with E-state index in [1.165, 1.54) is 37.6 Å². The average Bonchev–Trinajstić information content (AvgIpc) is 2.92. The Morgan fingerprint density at radius 3 is 2.71 bits per heavy atom. The highest BCUT2D eigenvalue weighted by Crippen LogP contribution is 2.13. The van der Waals surface area contributed by atoms with Crippen molar-refractivity contribution in [2.45, 2.75) is 51.9 Å². The Balaban J connectivity index is 2.17. The van der Waals surface area contributed by atoms with Gasteiger partial charge in [0.05, 0.1) is 12.3 Å². The molecule has 0 bridgehead atoms. The number of nitro groups is 1. The van der Waals surface area contributed by atoms with E-state index in [9.17, 15) is 14.9 Å². The van der Waals surface area contributed by atoms with E-state index in [1.807, 2.05) is 0 Å². The molecule has 0 saturated carbocycles. The lowest BCUT2D eigenvalue weighted by Crippen LogP contribution is -2.16. The van der Waals surface area contributed by atoms with Crippen LogP contribution in [0, 0.1) is 10.1 Å². The molecule has 7 heteroatoms. The van der Waals surface area contributed by atoms with Crippen LogP contribution in [0.1, 0.15) is 57.6 Å². The van der Waals surface area contributed by atoms with Gasteiger partial charge in [0.2, 0.25) is 5.91 Å². The maximum Gasteiger partial charge on any atom is 0.433 e. The van der Waals surface area contributed by atoms with Crippen LogP contribution in [0.5, 0.6) is 0 Å². The SMILES string of the molecule is CCCCCCCCC(=O)N/N=C/c1ccc([N+](=O)[O-])o1. The first-order valence-electron chi connectivity index (χ1n) is 7.19. The molecule has 0 fully saturated rings. The zero-order valence-electron chi connectivity index (χ0n) is 12.2. The minimum atomic E-state index is -0.630. The van der Waals surface area contributed by atoms with Crippen molar-refractivity contribution in [3.63, 3.8) is 0 Å². The molecule has 116 valence electrons. The third kappa shape index (κ3) is 7.24. The van der Waals surface area contributed by atoms with E-state index < -0.39 is 4.92 Å². The van der Waals surface area contributed by atoms with Crippen molar-refractivity contribution in [3.8, 4) is 0 Å². The molecule has 7 nitrogen and oxygen atoms in total. The standard InChI is InChI=1S/C14H21N3O4/c1-2-3-4-5-6-7-8-13(18)16-15-11-12-9-10-14(21-12)17(19)20/h9-11H,2-8H2,1H3,(H,16,18)/b15-11+. The molecule has 0 aromatic carbocycles. The summed E-state index contributed by atoms with van der Waals surface area (Å²) in [6.07, 6.45) is 8.38. The summed E-state index contributed by atoms with van der Waals surface area (Å²) in [4.78, 5) is 21.2. The molecule has 0 saturated heterocycles. The Kier molecular flexibility index (Phi) is 7.78. The van der Waals surface area contributed by atoms with E-state index in [2.05, 4.69) is 17.5 Å². The summed E-state index contributed by atoms with van der Waals surface area (Å²) in [5.74, 6) is -0.292. The molecule has 0 aliphatic carbocycles. The fourth-order valence-corrected chi connectivity index (χ4v) is 1.80. The predicted molar refractivity (Wildman–Crippen MR) is 79.1 cm³/mol. The number of hydrogen-bond acceptors (Lipinski definition) is 5. The van der Waals surface area contributed by atoms with Gasteiger partial charge in [-0.3, -0.25) is 14.9 Å². The molecule has 1 aromatic heterocycles. The van der Waals surface area contributed by atoms with Gasteiger partial charge in [0.1, 0.15) is 4.92 Å². The van der Waals surface area contributed by atoms with Gasteiger partial charge in [-0.2, -0.15) is 5.10 Å². The second-order valence-electron chi connectivity index (χ2n) is 4.74. The maximum absolute atomic E-state index is 11.5. The minimum absolute atomic E-state index is 0.164. The molecule has 0 aliphatic heterocycles. The Morgan fingerprint density at radius 1 is 1.33 bits per heavy atom. The van der Waals surface area contributed by atoms with Crippen LogP contribution in [-0.2, 0) is 4.79 Å². The molecule has 21 heavy (non-hydrogen) atoms. The Bertz CT molecular complexity index is 482. The van der Waals surface area contributed by atoms with Crippen LogP contribution < -0.4 is 5.43 Å². The van der Waals surface area contributed by atoms with Crippen LogP contribution in [0.25, 0.3) is 0 Å². The molecule has 1 aromatic rings. The van der Waals surface area contributed by atoms with Crippen LogP contribution in [0.4, 0.5) is 5.88 Å². The number of hydrazone groups is 1. The predicted octanol–water partition coefficient (Wildman–Crippen LogP) is 3.39. The molecular formula is C14H21N3O4. The number of unbranched alkanes of at least 4 members (excludes halogenated alkanes) is 5. The first kappa shape index (κ1) is 16.9. The van der Waals surface area contributed by atoms with Crippen molar-refractivity contribution in [1.82, 2.24) is 5.43 Å². The van der Waals surface area contributed by atoms with Gasteiger partial charge < -0.3 is 4.42 Å². The van der Waals surface area contributed by atoms with Crippen molar-refractivity contribution >= 4 is 18.0 Å². The zero-order valence-corrected chi connectivity index (χ0v) is 12.2. The third-order valence-corrected chi connectivity index (χ3v) is 2.93. The largest absolute Gasteiger partial charge is 0.433 e. The van der Waals surface area contributed by atoms with Crippen LogP contribution >= 0.6 is 0 Å². The highest BCUT2D eigenvalue weighted by molar-refractivity contribution is 5.80. The van der Waals surface area contributed by atoms with Gasteiger partial charge in [0.25, 0.3) is 0 Å². The lowest BCUT2D eigenvalue weighted by molar-refractivity contribution is -0.402. The summed E-state index contributed by atoms with van der Waals surface area (Å²) < 4.78 is 4.86. The minimum Gasteiger partial charge on any atom is -0.400 e. The molecule has 1 rings (SSSR count). The van der Waals surface area contributed by atoms with E-state index in [4.69, 9.17) is 4.42 Å². The highest BCUT2D eigenvalue weighted by atomic mass is 16.6. The second kappa shape index (κ2) is 9.68. The number of furan rings is 1. The molecule has 0 radical (unpaired) electrons. The monoisotopic (exact) mass is 295 g/mol. The number of carbonyl (C=O) groups is 1. The van der Waals surface area contributed by atoms with Gasteiger partial charge in [0, 0.05) is 6.42 Å². The Labute approximate surface area is 123 Å². The van der Waals surface area contributed by atoms with Gasteiger partial charge in [-0.05, 0) is 12.5 Å². The molecule has 0 aliphatic rings.